The number of hydrogen-bond donors (Lipinski definition) is 3. The first kappa shape index (κ1) is 16.6. The van der Waals surface area contributed by atoms with E-state index in [1.54, 1.807) is 30.3 Å². The van der Waals surface area contributed by atoms with Crippen LogP contribution in [0.5, 0.6) is 0 Å². The van der Waals surface area contributed by atoms with E-state index in [2.05, 4.69) is 15.8 Å². The highest BCUT2D eigenvalue weighted by atomic mass is 35.5. The number of amides is 1. The molecule has 126 valence electrons. The van der Waals surface area contributed by atoms with Gasteiger partial charge in [0.2, 0.25) is 0 Å². The summed E-state index contributed by atoms with van der Waals surface area (Å²) in [6.07, 6.45) is 1.38. The third-order valence-electron chi connectivity index (χ3n) is 4.10. The van der Waals surface area contributed by atoms with E-state index in [9.17, 15) is 9.90 Å². The van der Waals surface area contributed by atoms with Crippen LogP contribution in [0.3, 0.4) is 0 Å². The molecule has 0 radical (unpaired) electrons. The summed E-state index contributed by atoms with van der Waals surface area (Å²) in [5.74, 6) is -0.212. The predicted molar refractivity (Wildman–Crippen MR) is 96.4 cm³/mol. The zero-order valence-corrected chi connectivity index (χ0v) is 14.0. The number of benzene rings is 2. The largest absolute Gasteiger partial charge is 0.393 e. The molecule has 5 nitrogen and oxygen atoms in total. The lowest BCUT2D eigenvalue weighted by molar-refractivity contribution is 0.0962. The van der Waals surface area contributed by atoms with Crippen LogP contribution in [0.15, 0.2) is 48.5 Å². The van der Waals surface area contributed by atoms with Gasteiger partial charge >= 0.3 is 0 Å². The molecule has 1 fully saturated rings. The van der Waals surface area contributed by atoms with Crippen molar-refractivity contribution >= 4 is 28.9 Å². The zero-order valence-electron chi connectivity index (χ0n) is 13.2. The van der Waals surface area contributed by atoms with E-state index in [0.717, 1.165) is 37.3 Å². The number of anilines is 2. The van der Waals surface area contributed by atoms with Crippen molar-refractivity contribution in [3.8, 4) is 0 Å². The van der Waals surface area contributed by atoms with Crippen LogP contribution in [0.4, 0.5) is 11.4 Å². The number of nitrogens with one attached hydrogen (secondary N) is 2. The summed E-state index contributed by atoms with van der Waals surface area (Å²) in [7, 11) is 0. The monoisotopic (exact) mass is 345 g/mol. The number of nitrogens with zero attached hydrogens (tertiary/aromatic N) is 1. The minimum Gasteiger partial charge on any atom is -0.393 e. The molecule has 1 heterocycles. The summed E-state index contributed by atoms with van der Waals surface area (Å²) in [5, 5.41) is 10.2. The van der Waals surface area contributed by atoms with Gasteiger partial charge in [0.15, 0.2) is 0 Å². The first-order valence-corrected chi connectivity index (χ1v) is 8.34. The Morgan fingerprint density at radius 1 is 1.12 bits per heavy atom. The van der Waals surface area contributed by atoms with E-state index in [4.69, 9.17) is 11.6 Å². The van der Waals surface area contributed by atoms with Gasteiger partial charge in [-0.1, -0.05) is 17.7 Å². The third kappa shape index (κ3) is 4.19. The average molecular weight is 346 g/mol. The van der Waals surface area contributed by atoms with E-state index in [-0.39, 0.29) is 12.0 Å². The standard InChI is InChI=1S/C18H20ClN3O2/c19-14-2-1-3-15(12-14)20-21-18(24)13-4-6-16(7-5-13)22-10-8-17(23)9-11-22/h1-7,12,17,20,23H,8-11H2,(H,21,24). The maximum absolute atomic E-state index is 12.2. The number of rotatable bonds is 4. The molecular weight excluding hydrogens is 326 g/mol. The van der Waals surface area contributed by atoms with E-state index >= 15 is 0 Å². The van der Waals surface area contributed by atoms with Gasteiger partial charge in [-0.15, -0.1) is 0 Å². The van der Waals surface area contributed by atoms with Crippen molar-refractivity contribution in [3.63, 3.8) is 0 Å². The number of aliphatic hydroxyl groups is 1. The number of piperidine rings is 1. The normalized spacial score (nSPS) is 15.2. The van der Waals surface area contributed by atoms with Crippen LogP contribution < -0.4 is 15.8 Å². The van der Waals surface area contributed by atoms with Crippen LogP contribution >= 0.6 is 11.6 Å². The Kier molecular flexibility index (Phi) is 5.23. The molecule has 1 amide bonds. The SMILES string of the molecule is O=C(NNc1cccc(Cl)c1)c1ccc(N2CCC(O)CC2)cc1. The summed E-state index contributed by atoms with van der Waals surface area (Å²) < 4.78 is 0. The van der Waals surface area contributed by atoms with Gasteiger partial charge in [0.1, 0.15) is 0 Å². The molecule has 0 bridgehead atoms. The topological polar surface area (TPSA) is 64.6 Å². The van der Waals surface area contributed by atoms with Gasteiger partial charge in [0.05, 0.1) is 11.8 Å². The number of carbonyl (C=O) groups excluding carboxylic acids is 1. The summed E-state index contributed by atoms with van der Waals surface area (Å²) >= 11 is 5.90. The van der Waals surface area contributed by atoms with Crippen LogP contribution in [-0.2, 0) is 0 Å². The lowest BCUT2D eigenvalue weighted by atomic mass is 10.1. The predicted octanol–water partition coefficient (Wildman–Crippen LogP) is 3.06. The maximum atomic E-state index is 12.2. The molecule has 0 atom stereocenters. The molecule has 0 spiro atoms. The van der Waals surface area contributed by atoms with E-state index in [1.165, 1.54) is 0 Å². The Labute approximate surface area is 146 Å². The molecule has 3 N–H and O–H groups in total. The Bertz CT molecular complexity index is 698. The van der Waals surface area contributed by atoms with Gasteiger partial charge in [0, 0.05) is 29.4 Å². The molecule has 1 aliphatic rings. The maximum Gasteiger partial charge on any atom is 0.269 e. The lowest BCUT2D eigenvalue weighted by Gasteiger charge is -2.31. The second-order valence-corrected chi connectivity index (χ2v) is 6.29. The molecule has 2 aromatic rings. The van der Waals surface area contributed by atoms with Crippen molar-refractivity contribution in [3.05, 3.63) is 59.1 Å². The molecule has 1 saturated heterocycles. The van der Waals surface area contributed by atoms with Crippen molar-refractivity contribution in [2.75, 3.05) is 23.4 Å². The molecule has 0 unspecified atom stereocenters. The average Bonchev–Trinajstić information content (AvgIpc) is 2.61. The highest BCUT2D eigenvalue weighted by Gasteiger charge is 2.17. The smallest absolute Gasteiger partial charge is 0.269 e. The summed E-state index contributed by atoms with van der Waals surface area (Å²) in [6, 6.07) is 14.6. The van der Waals surface area contributed by atoms with Gasteiger partial charge in [-0.05, 0) is 55.3 Å². The van der Waals surface area contributed by atoms with Crippen molar-refractivity contribution < 1.29 is 9.90 Å². The third-order valence-corrected chi connectivity index (χ3v) is 4.34. The number of halogens is 1. The van der Waals surface area contributed by atoms with Gasteiger partial charge in [0.25, 0.3) is 5.91 Å². The van der Waals surface area contributed by atoms with Gasteiger partial charge in [-0.2, -0.15) is 0 Å². The summed E-state index contributed by atoms with van der Waals surface area (Å²) in [4.78, 5) is 14.4. The van der Waals surface area contributed by atoms with Crippen LogP contribution in [0.2, 0.25) is 5.02 Å². The number of aliphatic hydroxyl groups excluding tert-OH is 1. The molecule has 2 aromatic carbocycles. The van der Waals surface area contributed by atoms with Crippen molar-refractivity contribution in [2.24, 2.45) is 0 Å². The molecule has 0 saturated carbocycles. The Morgan fingerprint density at radius 2 is 1.83 bits per heavy atom. The molecule has 0 aromatic heterocycles. The van der Waals surface area contributed by atoms with Gasteiger partial charge in [-0.3, -0.25) is 15.6 Å². The highest BCUT2D eigenvalue weighted by Crippen LogP contribution is 2.20. The molecule has 6 heteroatoms. The zero-order chi connectivity index (χ0) is 16.9. The molecule has 0 aliphatic carbocycles. The first-order valence-electron chi connectivity index (χ1n) is 7.97. The number of hydrogen-bond acceptors (Lipinski definition) is 4. The first-order chi connectivity index (χ1) is 11.6. The minimum atomic E-state index is -0.212. The van der Waals surface area contributed by atoms with Crippen molar-refractivity contribution in [1.29, 1.82) is 0 Å². The second kappa shape index (κ2) is 7.55. The van der Waals surface area contributed by atoms with Gasteiger partial charge in [-0.25, -0.2) is 0 Å². The van der Waals surface area contributed by atoms with Crippen molar-refractivity contribution in [1.82, 2.24) is 5.43 Å². The fraction of sp³-hybridized carbons (Fsp3) is 0.278. The Morgan fingerprint density at radius 3 is 2.50 bits per heavy atom. The quantitative estimate of drug-likeness (QED) is 0.745. The van der Waals surface area contributed by atoms with Crippen LogP contribution in [0.25, 0.3) is 0 Å². The Balaban J connectivity index is 1.57. The minimum absolute atomic E-state index is 0.191. The van der Waals surface area contributed by atoms with E-state index in [0.29, 0.717) is 10.6 Å². The summed E-state index contributed by atoms with van der Waals surface area (Å²) in [6.45, 7) is 1.67. The van der Waals surface area contributed by atoms with Crippen molar-refractivity contribution in [2.45, 2.75) is 18.9 Å². The molecule has 1 aliphatic heterocycles. The van der Waals surface area contributed by atoms with Gasteiger partial charge < -0.3 is 10.0 Å². The van der Waals surface area contributed by atoms with Crippen LogP contribution in [-0.4, -0.2) is 30.2 Å². The molecule has 24 heavy (non-hydrogen) atoms. The fourth-order valence-corrected chi connectivity index (χ4v) is 2.91. The van der Waals surface area contributed by atoms with Crippen LogP contribution in [0, 0.1) is 0 Å². The molecule has 3 rings (SSSR count). The lowest BCUT2D eigenvalue weighted by Crippen LogP contribution is -2.35. The fourth-order valence-electron chi connectivity index (χ4n) is 2.72. The number of carbonyl (C=O) groups is 1. The highest BCUT2D eigenvalue weighted by molar-refractivity contribution is 6.30. The van der Waals surface area contributed by atoms with Crippen LogP contribution in [0.1, 0.15) is 23.2 Å². The molecular formula is C18H20ClN3O2. The second-order valence-electron chi connectivity index (χ2n) is 5.85. The van der Waals surface area contributed by atoms with E-state index < -0.39 is 0 Å². The van der Waals surface area contributed by atoms with E-state index in [1.807, 2.05) is 18.2 Å². The summed E-state index contributed by atoms with van der Waals surface area (Å²) in [5.41, 5.74) is 7.86. The Hall–Kier alpha value is -2.24. The number of hydrazine groups is 1.